The fourth-order valence-corrected chi connectivity index (χ4v) is 3.33. The molecule has 0 saturated heterocycles. The second-order valence-corrected chi connectivity index (χ2v) is 7.68. The molecule has 142 valence electrons. The van der Waals surface area contributed by atoms with Gasteiger partial charge < -0.3 is 5.32 Å². The Labute approximate surface area is 154 Å². The molecule has 3 aromatic rings. The van der Waals surface area contributed by atoms with Crippen molar-refractivity contribution in [1.82, 2.24) is 35.3 Å². The van der Waals surface area contributed by atoms with E-state index in [0.717, 1.165) is 6.26 Å². The largest absolute Gasteiger partial charge is 0.346 e. The quantitative estimate of drug-likeness (QED) is 0.539. The number of anilines is 1. The summed E-state index contributed by atoms with van der Waals surface area (Å²) < 4.78 is 39.0. The van der Waals surface area contributed by atoms with Crippen LogP contribution in [0.25, 0.3) is 11.4 Å². The van der Waals surface area contributed by atoms with Gasteiger partial charge in [-0.05, 0) is 35.0 Å². The molecule has 27 heavy (non-hydrogen) atoms. The van der Waals surface area contributed by atoms with Crippen molar-refractivity contribution in [2.75, 3.05) is 11.6 Å². The van der Waals surface area contributed by atoms with Crippen LogP contribution in [0.15, 0.2) is 36.7 Å². The Balaban J connectivity index is 1.85. The van der Waals surface area contributed by atoms with E-state index in [2.05, 4.69) is 40.6 Å². The topological polar surface area (TPSA) is 138 Å². The van der Waals surface area contributed by atoms with Crippen LogP contribution in [0.3, 0.4) is 0 Å². The fourth-order valence-electron chi connectivity index (χ4n) is 2.52. The molecule has 0 saturated carbocycles. The van der Waals surface area contributed by atoms with Crippen LogP contribution in [-0.2, 0) is 10.0 Å². The molecule has 10 nitrogen and oxygen atoms in total. The van der Waals surface area contributed by atoms with E-state index in [9.17, 15) is 12.8 Å². The summed E-state index contributed by atoms with van der Waals surface area (Å²) in [5.41, 5.74) is 1.26. The highest BCUT2D eigenvalue weighted by molar-refractivity contribution is 7.88. The number of rotatable bonds is 7. The van der Waals surface area contributed by atoms with Gasteiger partial charge in [0.25, 0.3) is 0 Å². The van der Waals surface area contributed by atoms with Crippen LogP contribution in [0.5, 0.6) is 0 Å². The molecule has 2 aromatic heterocycles. The Bertz CT molecular complexity index is 978. The van der Waals surface area contributed by atoms with Gasteiger partial charge in [-0.25, -0.2) is 32.6 Å². The highest BCUT2D eigenvalue weighted by Crippen LogP contribution is 2.22. The molecule has 0 aliphatic heterocycles. The molecule has 2 heterocycles. The summed E-state index contributed by atoms with van der Waals surface area (Å²) in [7, 11) is -3.44. The molecule has 0 bridgehead atoms. The molecule has 0 fully saturated rings. The van der Waals surface area contributed by atoms with Crippen molar-refractivity contribution in [2.24, 2.45) is 0 Å². The number of nitrogens with one attached hydrogen (secondary N) is 3. The lowest BCUT2D eigenvalue weighted by molar-refractivity contribution is 0.533. The highest BCUT2D eigenvalue weighted by atomic mass is 32.2. The number of benzene rings is 1. The molecule has 3 N–H and O–H groups in total. The Kier molecular flexibility index (Phi) is 5.37. The Morgan fingerprint density at radius 2 is 1.81 bits per heavy atom. The van der Waals surface area contributed by atoms with Gasteiger partial charge in [0.15, 0.2) is 5.82 Å². The molecule has 1 aromatic carbocycles. The Morgan fingerprint density at radius 3 is 2.37 bits per heavy atom. The summed E-state index contributed by atoms with van der Waals surface area (Å²) >= 11 is 0. The molecule has 0 aliphatic carbocycles. The smallest absolute Gasteiger partial charge is 0.223 e. The molecule has 2 atom stereocenters. The number of aromatic amines is 1. The third-order valence-electron chi connectivity index (χ3n) is 3.68. The summed E-state index contributed by atoms with van der Waals surface area (Å²) in [6.45, 7) is 1.69. The van der Waals surface area contributed by atoms with Crippen LogP contribution < -0.4 is 10.0 Å². The van der Waals surface area contributed by atoms with Crippen LogP contribution >= 0.6 is 0 Å². The maximum atomic E-state index is 13.3. The van der Waals surface area contributed by atoms with Gasteiger partial charge in [-0.2, -0.15) is 0 Å². The summed E-state index contributed by atoms with van der Waals surface area (Å²) in [5.74, 6) is 0.300. The van der Waals surface area contributed by atoms with E-state index in [1.807, 2.05) is 0 Å². The first-order chi connectivity index (χ1) is 12.8. The first-order valence-corrected chi connectivity index (χ1v) is 9.76. The van der Waals surface area contributed by atoms with E-state index in [4.69, 9.17) is 0 Å². The second kappa shape index (κ2) is 7.72. The number of aromatic nitrogens is 6. The lowest BCUT2D eigenvalue weighted by Gasteiger charge is -2.26. The molecule has 12 heteroatoms. The van der Waals surface area contributed by atoms with Gasteiger partial charge in [0.1, 0.15) is 5.82 Å². The lowest BCUT2D eigenvalue weighted by atomic mass is 10.0. The molecule has 2 unspecified atom stereocenters. The van der Waals surface area contributed by atoms with Crippen molar-refractivity contribution in [2.45, 2.75) is 19.0 Å². The minimum atomic E-state index is -3.44. The van der Waals surface area contributed by atoms with E-state index in [1.165, 1.54) is 24.5 Å². The van der Waals surface area contributed by atoms with Crippen molar-refractivity contribution in [3.63, 3.8) is 0 Å². The second-order valence-electron chi connectivity index (χ2n) is 5.90. The number of H-pyrrole nitrogens is 1. The zero-order valence-corrected chi connectivity index (χ0v) is 15.3. The van der Waals surface area contributed by atoms with Gasteiger partial charge in [0, 0.05) is 18.4 Å². The lowest BCUT2D eigenvalue weighted by Crippen LogP contribution is -2.39. The Hall–Kier alpha value is -2.99. The predicted octanol–water partition coefficient (Wildman–Crippen LogP) is 0.887. The van der Waals surface area contributed by atoms with Gasteiger partial charge in [0.05, 0.1) is 17.9 Å². The van der Waals surface area contributed by atoms with Crippen LogP contribution in [-0.4, -0.2) is 51.3 Å². The van der Waals surface area contributed by atoms with Gasteiger partial charge in [-0.1, -0.05) is 12.1 Å². The van der Waals surface area contributed by atoms with Gasteiger partial charge in [-0.15, -0.1) is 5.10 Å². The summed E-state index contributed by atoms with van der Waals surface area (Å²) in [6, 6.07) is 4.67. The van der Waals surface area contributed by atoms with Gasteiger partial charge >= 0.3 is 0 Å². The Morgan fingerprint density at radius 1 is 1.15 bits per heavy atom. The monoisotopic (exact) mass is 392 g/mol. The number of sulfonamides is 1. The number of halogens is 1. The third-order valence-corrected chi connectivity index (χ3v) is 4.48. The SMILES string of the molecule is CC(NS(C)(=O)=O)C(Nc1ncc(-c2nnn[nH]2)cn1)c1ccc(F)cc1. The first-order valence-electron chi connectivity index (χ1n) is 7.87. The summed E-state index contributed by atoms with van der Waals surface area (Å²) in [5, 5.41) is 16.4. The normalized spacial score (nSPS) is 13.9. The predicted molar refractivity (Wildman–Crippen MR) is 95.4 cm³/mol. The zero-order valence-electron chi connectivity index (χ0n) is 14.5. The summed E-state index contributed by atoms with van der Waals surface area (Å²) in [4.78, 5) is 8.41. The standard InChI is InChI=1S/C15H17FN8O2S/c1-9(22-27(2,25)26)13(10-3-5-12(16)6-4-10)19-15-17-7-11(8-18-15)14-20-23-24-21-14/h3-9,13,22H,1-2H3,(H,17,18,19)(H,20,21,23,24). The molecule has 0 amide bonds. The van der Waals surface area contributed by atoms with E-state index in [0.29, 0.717) is 17.0 Å². The van der Waals surface area contributed by atoms with E-state index in [-0.39, 0.29) is 11.8 Å². The van der Waals surface area contributed by atoms with E-state index >= 15 is 0 Å². The van der Waals surface area contributed by atoms with Crippen molar-refractivity contribution >= 4 is 16.0 Å². The van der Waals surface area contributed by atoms with E-state index < -0.39 is 22.1 Å². The van der Waals surface area contributed by atoms with Crippen molar-refractivity contribution in [1.29, 1.82) is 0 Å². The number of hydrogen-bond acceptors (Lipinski definition) is 8. The summed E-state index contributed by atoms with van der Waals surface area (Å²) in [6.07, 6.45) is 4.11. The van der Waals surface area contributed by atoms with Crippen LogP contribution in [0.2, 0.25) is 0 Å². The minimum absolute atomic E-state index is 0.266. The van der Waals surface area contributed by atoms with Crippen LogP contribution in [0, 0.1) is 5.82 Å². The number of nitrogens with zero attached hydrogens (tertiary/aromatic N) is 5. The minimum Gasteiger partial charge on any atom is -0.346 e. The molecule has 0 spiro atoms. The fraction of sp³-hybridized carbons (Fsp3) is 0.267. The molecule has 0 radical (unpaired) electrons. The number of tetrazole rings is 1. The maximum Gasteiger partial charge on any atom is 0.223 e. The van der Waals surface area contributed by atoms with Gasteiger partial charge in [0.2, 0.25) is 16.0 Å². The number of hydrogen-bond donors (Lipinski definition) is 3. The third kappa shape index (κ3) is 5.01. The molecular weight excluding hydrogens is 375 g/mol. The molecule has 0 aliphatic rings. The first kappa shape index (κ1) is 18.8. The molecule has 3 rings (SSSR count). The van der Waals surface area contributed by atoms with Crippen molar-refractivity contribution in [3.05, 3.63) is 48.0 Å². The average Bonchev–Trinajstić information content (AvgIpc) is 3.14. The average molecular weight is 392 g/mol. The van der Waals surface area contributed by atoms with Gasteiger partial charge in [-0.3, -0.25) is 0 Å². The molecular formula is C15H17FN8O2S. The van der Waals surface area contributed by atoms with Crippen LogP contribution in [0.4, 0.5) is 10.3 Å². The van der Waals surface area contributed by atoms with E-state index in [1.54, 1.807) is 19.1 Å². The van der Waals surface area contributed by atoms with Crippen molar-refractivity contribution < 1.29 is 12.8 Å². The maximum absolute atomic E-state index is 13.3. The van der Waals surface area contributed by atoms with Crippen molar-refractivity contribution in [3.8, 4) is 11.4 Å². The zero-order chi connectivity index (χ0) is 19.4. The highest BCUT2D eigenvalue weighted by Gasteiger charge is 2.23. The van der Waals surface area contributed by atoms with Crippen LogP contribution in [0.1, 0.15) is 18.5 Å².